The lowest BCUT2D eigenvalue weighted by Crippen LogP contribution is -2.29. The molecule has 0 bridgehead atoms. The average Bonchev–Trinajstić information content (AvgIpc) is 3.12. The molecule has 3 aromatic carbocycles. The molecule has 0 atom stereocenters. The predicted octanol–water partition coefficient (Wildman–Crippen LogP) is 5.48. The van der Waals surface area contributed by atoms with Crippen LogP contribution >= 0.6 is 15.9 Å². The van der Waals surface area contributed by atoms with Gasteiger partial charge in [0.25, 0.3) is 11.8 Å². The Kier molecular flexibility index (Phi) is 6.70. The van der Waals surface area contributed by atoms with Crippen LogP contribution in [-0.4, -0.2) is 29.6 Å². The van der Waals surface area contributed by atoms with Crippen molar-refractivity contribution >= 4 is 39.5 Å². The molecule has 4 rings (SSSR count). The summed E-state index contributed by atoms with van der Waals surface area (Å²) >= 11 is 3.54. The monoisotopic (exact) mass is 504 g/mol. The number of ether oxygens (including phenoxy) is 2. The number of imide groups is 1. The Balaban J connectivity index is 1.58. The number of methoxy groups -OCH3 is 1. The van der Waals surface area contributed by atoms with Gasteiger partial charge in [-0.3, -0.25) is 9.59 Å². The van der Waals surface area contributed by atoms with Crippen molar-refractivity contribution in [3.8, 4) is 11.5 Å². The number of benzene rings is 3. The minimum absolute atomic E-state index is 0.339. The van der Waals surface area contributed by atoms with Crippen molar-refractivity contribution in [3.63, 3.8) is 0 Å². The van der Waals surface area contributed by atoms with Crippen molar-refractivity contribution in [1.29, 1.82) is 0 Å². The van der Waals surface area contributed by atoms with Crippen molar-refractivity contribution in [1.82, 2.24) is 5.01 Å². The number of hydrogen-bond acceptors (Lipinski definition) is 5. The molecule has 7 heteroatoms. The first-order valence-corrected chi connectivity index (χ1v) is 11.0. The number of halogens is 1. The van der Waals surface area contributed by atoms with Gasteiger partial charge in [0.05, 0.1) is 22.9 Å². The summed E-state index contributed by atoms with van der Waals surface area (Å²) in [6.45, 7) is 2.09. The van der Waals surface area contributed by atoms with Crippen molar-refractivity contribution in [2.75, 3.05) is 7.11 Å². The van der Waals surface area contributed by atoms with Gasteiger partial charge in [-0.1, -0.05) is 48.5 Å². The van der Waals surface area contributed by atoms with E-state index >= 15 is 0 Å². The van der Waals surface area contributed by atoms with Crippen LogP contribution in [0, 0.1) is 0 Å². The molecule has 0 N–H and O–H groups in total. The van der Waals surface area contributed by atoms with Crippen molar-refractivity contribution in [2.24, 2.45) is 5.10 Å². The maximum absolute atomic E-state index is 13.0. The van der Waals surface area contributed by atoms with E-state index in [1.54, 1.807) is 56.5 Å². The molecule has 1 aliphatic heterocycles. The van der Waals surface area contributed by atoms with Gasteiger partial charge in [-0.2, -0.15) is 10.1 Å². The fourth-order valence-corrected chi connectivity index (χ4v) is 3.96. The number of carbonyl (C=O) groups excluding carboxylic acids is 2. The molecule has 0 fully saturated rings. The van der Waals surface area contributed by atoms with Crippen LogP contribution in [-0.2, 0) is 11.4 Å². The van der Waals surface area contributed by atoms with Crippen LogP contribution in [0.5, 0.6) is 11.5 Å². The van der Waals surface area contributed by atoms with Gasteiger partial charge in [-0.05, 0) is 64.3 Å². The number of carbonyl (C=O) groups is 2. The van der Waals surface area contributed by atoms with Gasteiger partial charge >= 0.3 is 0 Å². The van der Waals surface area contributed by atoms with Gasteiger partial charge in [0.2, 0.25) is 0 Å². The third-order valence-corrected chi connectivity index (χ3v) is 5.65. The fraction of sp³-hybridized carbons (Fsp3) is 0.115. The Labute approximate surface area is 200 Å². The van der Waals surface area contributed by atoms with Crippen LogP contribution in [0.2, 0.25) is 0 Å². The van der Waals surface area contributed by atoms with E-state index in [1.165, 1.54) is 0 Å². The topological polar surface area (TPSA) is 68.2 Å². The average molecular weight is 505 g/mol. The second kappa shape index (κ2) is 9.83. The third-order valence-electron chi connectivity index (χ3n) is 5.06. The molecule has 0 aliphatic carbocycles. The van der Waals surface area contributed by atoms with Gasteiger partial charge in [0.1, 0.15) is 6.61 Å². The molecule has 6 nitrogen and oxygen atoms in total. The summed E-state index contributed by atoms with van der Waals surface area (Å²) in [5, 5.41) is 5.09. The van der Waals surface area contributed by atoms with Gasteiger partial charge in [-0.15, -0.1) is 0 Å². The molecule has 2 amide bonds. The van der Waals surface area contributed by atoms with Crippen LogP contribution in [0.4, 0.5) is 0 Å². The summed E-state index contributed by atoms with van der Waals surface area (Å²) in [7, 11) is 1.56. The van der Waals surface area contributed by atoms with Crippen LogP contribution in [0.15, 0.2) is 87.9 Å². The number of hydrazone groups is 1. The second-order valence-electron chi connectivity index (χ2n) is 7.34. The zero-order valence-electron chi connectivity index (χ0n) is 18.1. The van der Waals surface area contributed by atoms with E-state index in [2.05, 4.69) is 21.0 Å². The van der Waals surface area contributed by atoms with E-state index in [0.29, 0.717) is 45.0 Å². The smallest absolute Gasteiger partial charge is 0.283 e. The maximum Gasteiger partial charge on any atom is 0.283 e. The first kappa shape index (κ1) is 22.5. The molecule has 0 saturated carbocycles. The lowest BCUT2D eigenvalue weighted by atomic mass is 10.1. The maximum atomic E-state index is 13.0. The first-order chi connectivity index (χ1) is 16.0. The summed E-state index contributed by atoms with van der Waals surface area (Å²) in [6.07, 6.45) is 1.69. The normalized spacial score (nSPS) is 14.4. The molecule has 33 heavy (non-hydrogen) atoms. The molecule has 1 heterocycles. The van der Waals surface area contributed by atoms with Crippen LogP contribution in [0.1, 0.15) is 28.4 Å². The van der Waals surface area contributed by atoms with E-state index < -0.39 is 11.8 Å². The summed E-state index contributed by atoms with van der Waals surface area (Å²) in [4.78, 5) is 25.7. The number of nitrogens with zero attached hydrogens (tertiary/aromatic N) is 2. The summed E-state index contributed by atoms with van der Waals surface area (Å²) in [6, 6.07) is 22.0. The standard InChI is InChI=1S/C26H21BrN2O4/c1-17-21(26(31)29(28-17)25(30)20-11-7-4-8-12-20)13-19-14-22(27)24(23(15-19)32-2)33-16-18-9-5-3-6-10-18/h3-15H,16H2,1-2H3/b21-13+. The fourth-order valence-electron chi connectivity index (χ4n) is 3.38. The van der Waals surface area contributed by atoms with E-state index in [9.17, 15) is 9.59 Å². The van der Waals surface area contributed by atoms with Crippen LogP contribution in [0.3, 0.4) is 0 Å². The number of hydrogen-bond donors (Lipinski definition) is 0. The van der Waals surface area contributed by atoms with E-state index in [4.69, 9.17) is 9.47 Å². The SMILES string of the molecule is COc1cc(/C=C2/C(=O)N(C(=O)c3ccccc3)N=C2C)cc(Br)c1OCc1ccccc1. The van der Waals surface area contributed by atoms with Gasteiger partial charge in [0.15, 0.2) is 11.5 Å². The third kappa shape index (κ3) is 4.88. The molecule has 1 aliphatic rings. The highest BCUT2D eigenvalue weighted by molar-refractivity contribution is 9.10. The Morgan fingerprint density at radius 2 is 1.73 bits per heavy atom. The lowest BCUT2D eigenvalue weighted by Gasteiger charge is -2.14. The molecule has 0 aromatic heterocycles. The lowest BCUT2D eigenvalue weighted by molar-refractivity contribution is -0.123. The molecule has 0 unspecified atom stereocenters. The number of rotatable bonds is 6. The van der Waals surface area contributed by atoms with Crippen molar-refractivity contribution in [3.05, 3.63) is 99.5 Å². The quantitative estimate of drug-likeness (QED) is 0.329. The highest BCUT2D eigenvalue weighted by atomic mass is 79.9. The van der Waals surface area contributed by atoms with Crippen LogP contribution in [0.25, 0.3) is 6.08 Å². The van der Waals surface area contributed by atoms with Gasteiger partial charge < -0.3 is 9.47 Å². The summed E-state index contributed by atoms with van der Waals surface area (Å²) in [5.41, 5.74) is 2.94. The van der Waals surface area contributed by atoms with E-state index in [1.807, 2.05) is 36.4 Å². The molecular weight excluding hydrogens is 484 g/mol. The molecule has 166 valence electrons. The van der Waals surface area contributed by atoms with Crippen molar-refractivity contribution < 1.29 is 19.1 Å². The zero-order valence-corrected chi connectivity index (χ0v) is 19.7. The van der Waals surface area contributed by atoms with Crippen LogP contribution < -0.4 is 9.47 Å². The minimum Gasteiger partial charge on any atom is -0.493 e. The molecular formula is C26H21BrN2O4. The highest BCUT2D eigenvalue weighted by Crippen LogP contribution is 2.38. The van der Waals surface area contributed by atoms with Gasteiger partial charge in [-0.25, -0.2) is 0 Å². The minimum atomic E-state index is -0.471. The Morgan fingerprint density at radius 1 is 1.06 bits per heavy atom. The highest BCUT2D eigenvalue weighted by Gasteiger charge is 2.33. The molecule has 0 spiro atoms. The molecule has 0 saturated heterocycles. The molecule has 0 radical (unpaired) electrons. The Hall–Kier alpha value is -3.71. The van der Waals surface area contributed by atoms with E-state index in [-0.39, 0.29) is 0 Å². The van der Waals surface area contributed by atoms with Crippen molar-refractivity contribution in [2.45, 2.75) is 13.5 Å². The Morgan fingerprint density at radius 3 is 2.39 bits per heavy atom. The molecule has 3 aromatic rings. The second-order valence-corrected chi connectivity index (χ2v) is 8.19. The zero-order chi connectivity index (χ0) is 23.4. The first-order valence-electron chi connectivity index (χ1n) is 10.2. The van der Waals surface area contributed by atoms with E-state index in [0.717, 1.165) is 10.6 Å². The predicted molar refractivity (Wildman–Crippen MR) is 130 cm³/mol. The summed E-state index contributed by atoms with van der Waals surface area (Å²) in [5.74, 6) is 0.143. The van der Waals surface area contributed by atoms with Gasteiger partial charge in [0, 0.05) is 5.56 Å². The number of amides is 2. The summed E-state index contributed by atoms with van der Waals surface area (Å²) < 4.78 is 12.2. The largest absolute Gasteiger partial charge is 0.493 e. The Bertz CT molecular complexity index is 1250.